The van der Waals surface area contributed by atoms with Gasteiger partial charge in [-0.2, -0.15) is 5.10 Å². The lowest BCUT2D eigenvalue weighted by atomic mass is 10.1. The predicted molar refractivity (Wildman–Crippen MR) is 115 cm³/mol. The molecule has 2 aliphatic heterocycles. The number of piperazine rings is 1. The Balaban J connectivity index is 1.17. The van der Waals surface area contributed by atoms with Crippen molar-refractivity contribution < 1.29 is 14.3 Å². The Morgan fingerprint density at radius 2 is 1.77 bits per heavy atom. The molecule has 1 aromatic heterocycles. The van der Waals surface area contributed by atoms with E-state index in [2.05, 4.69) is 32.0 Å². The molecule has 2 aromatic carbocycles. The number of fused-ring (bicyclic) bond motifs is 1. The Morgan fingerprint density at radius 3 is 2.50 bits per heavy atom. The van der Waals surface area contributed by atoms with Gasteiger partial charge in [0.25, 0.3) is 5.91 Å². The minimum Gasteiger partial charge on any atom is -0.454 e. The molecule has 0 N–H and O–H groups in total. The average Bonchev–Trinajstić information content (AvgIpc) is 3.42. The maximum absolute atomic E-state index is 12.9. The van der Waals surface area contributed by atoms with Gasteiger partial charge in [-0.3, -0.25) is 9.69 Å². The number of benzene rings is 2. The van der Waals surface area contributed by atoms with Crippen LogP contribution in [0.1, 0.15) is 15.9 Å². The largest absolute Gasteiger partial charge is 0.454 e. The highest BCUT2D eigenvalue weighted by Crippen LogP contribution is 2.32. The lowest BCUT2D eigenvalue weighted by molar-refractivity contribution is 0.0628. The minimum atomic E-state index is 0.0749. The number of aromatic nitrogens is 2. The SMILES string of the molecule is O=C(c1ccc(-n2cc(Br)cn2)cc1)N1CCN(Cc2ccc3c(c2)OCO3)CC1. The first-order chi connectivity index (χ1) is 14.7. The van der Waals surface area contributed by atoms with E-state index >= 15 is 0 Å². The third-order valence-electron chi connectivity index (χ3n) is 5.43. The molecule has 0 bridgehead atoms. The topological polar surface area (TPSA) is 59.8 Å². The van der Waals surface area contributed by atoms with E-state index in [4.69, 9.17) is 9.47 Å². The monoisotopic (exact) mass is 468 g/mol. The summed E-state index contributed by atoms with van der Waals surface area (Å²) in [4.78, 5) is 17.2. The van der Waals surface area contributed by atoms with Crippen LogP contribution in [0.2, 0.25) is 0 Å². The van der Waals surface area contributed by atoms with Crippen LogP contribution in [0.15, 0.2) is 59.3 Å². The first kappa shape index (κ1) is 19.1. The van der Waals surface area contributed by atoms with Crippen molar-refractivity contribution in [3.63, 3.8) is 0 Å². The lowest BCUT2D eigenvalue weighted by Crippen LogP contribution is -2.48. The van der Waals surface area contributed by atoms with E-state index in [9.17, 15) is 4.79 Å². The van der Waals surface area contributed by atoms with Gasteiger partial charge in [-0.1, -0.05) is 6.07 Å². The standard InChI is InChI=1S/C22H21BrN4O3/c23-18-12-24-27(14-18)19-4-2-17(3-5-19)22(28)26-9-7-25(8-10-26)13-16-1-6-20-21(11-16)30-15-29-20/h1-6,11-12,14H,7-10,13,15H2. The first-order valence-corrected chi connectivity index (χ1v) is 10.7. The Labute approximate surface area is 182 Å². The van der Waals surface area contributed by atoms with Crippen molar-refractivity contribution in [3.8, 4) is 17.2 Å². The van der Waals surface area contributed by atoms with Crippen molar-refractivity contribution in [3.05, 3.63) is 70.5 Å². The first-order valence-electron chi connectivity index (χ1n) is 9.86. The number of hydrogen-bond acceptors (Lipinski definition) is 5. The lowest BCUT2D eigenvalue weighted by Gasteiger charge is -2.34. The van der Waals surface area contributed by atoms with Gasteiger partial charge in [-0.15, -0.1) is 0 Å². The second-order valence-corrected chi connectivity index (χ2v) is 8.32. The summed E-state index contributed by atoms with van der Waals surface area (Å²) >= 11 is 3.40. The molecule has 0 spiro atoms. The van der Waals surface area contributed by atoms with E-state index in [1.165, 1.54) is 5.56 Å². The Morgan fingerprint density at radius 1 is 1.00 bits per heavy atom. The minimum absolute atomic E-state index is 0.0749. The fraction of sp³-hybridized carbons (Fsp3) is 0.273. The van der Waals surface area contributed by atoms with Gasteiger partial charge in [0, 0.05) is 44.5 Å². The zero-order chi connectivity index (χ0) is 20.5. The molecule has 0 aliphatic carbocycles. The van der Waals surface area contributed by atoms with Crippen molar-refractivity contribution in [1.29, 1.82) is 0 Å². The van der Waals surface area contributed by atoms with Gasteiger partial charge in [0.2, 0.25) is 6.79 Å². The van der Waals surface area contributed by atoms with E-state index < -0.39 is 0 Å². The van der Waals surface area contributed by atoms with Crippen molar-refractivity contribution in [2.75, 3.05) is 33.0 Å². The molecule has 7 nitrogen and oxygen atoms in total. The number of carbonyl (C=O) groups excluding carboxylic acids is 1. The van der Waals surface area contributed by atoms with E-state index in [0.29, 0.717) is 12.4 Å². The van der Waals surface area contributed by atoms with Gasteiger partial charge in [0.1, 0.15) is 0 Å². The van der Waals surface area contributed by atoms with Gasteiger partial charge in [0.05, 0.1) is 16.4 Å². The summed E-state index contributed by atoms with van der Waals surface area (Å²) in [5, 5.41) is 4.27. The molecule has 3 heterocycles. The highest BCUT2D eigenvalue weighted by atomic mass is 79.9. The number of ether oxygens (including phenoxy) is 2. The molecule has 0 unspecified atom stereocenters. The molecule has 0 saturated carbocycles. The Kier molecular flexibility index (Phi) is 5.18. The second kappa shape index (κ2) is 8.12. The molecule has 1 saturated heterocycles. The number of carbonyl (C=O) groups is 1. The number of amides is 1. The van der Waals surface area contributed by atoms with Crippen LogP contribution in [0.5, 0.6) is 11.5 Å². The van der Waals surface area contributed by atoms with E-state index in [0.717, 1.165) is 54.4 Å². The zero-order valence-electron chi connectivity index (χ0n) is 16.3. The average molecular weight is 469 g/mol. The van der Waals surface area contributed by atoms with Gasteiger partial charge in [0.15, 0.2) is 11.5 Å². The van der Waals surface area contributed by atoms with Crippen LogP contribution >= 0.6 is 15.9 Å². The van der Waals surface area contributed by atoms with Crippen LogP contribution in [-0.2, 0) is 6.54 Å². The maximum Gasteiger partial charge on any atom is 0.253 e. The smallest absolute Gasteiger partial charge is 0.253 e. The van der Waals surface area contributed by atoms with E-state index in [-0.39, 0.29) is 5.91 Å². The Hall–Kier alpha value is -2.84. The Bertz CT molecular complexity index is 1060. The van der Waals surface area contributed by atoms with Crippen molar-refractivity contribution >= 4 is 21.8 Å². The number of nitrogens with zero attached hydrogens (tertiary/aromatic N) is 4. The van der Waals surface area contributed by atoms with Crippen LogP contribution in [0.25, 0.3) is 5.69 Å². The van der Waals surface area contributed by atoms with Crippen molar-refractivity contribution in [2.24, 2.45) is 0 Å². The molecule has 1 fully saturated rings. The van der Waals surface area contributed by atoms with Crippen LogP contribution in [0.3, 0.4) is 0 Å². The summed E-state index contributed by atoms with van der Waals surface area (Å²) in [6.45, 7) is 4.26. The summed E-state index contributed by atoms with van der Waals surface area (Å²) in [6, 6.07) is 13.6. The molecule has 30 heavy (non-hydrogen) atoms. The van der Waals surface area contributed by atoms with E-state index in [1.54, 1.807) is 10.9 Å². The molecule has 3 aromatic rings. The van der Waals surface area contributed by atoms with Crippen LogP contribution in [0, 0.1) is 0 Å². The van der Waals surface area contributed by atoms with Gasteiger partial charge >= 0.3 is 0 Å². The molecule has 0 atom stereocenters. The second-order valence-electron chi connectivity index (χ2n) is 7.41. The summed E-state index contributed by atoms with van der Waals surface area (Å²) in [5.74, 6) is 1.69. The van der Waals surface area contributed by atoms with Gasteiger partial charge in [-0.25, -0.2) is 4.68 Å². The number of hydrogen-bond donors (Lipinski definition) is 0. The van der Waals surface area contributed by atoms with E-state index in [1.807, 2.05) is 47.5 Å². The molecule has 8 heteroatoms. The fourth-order valence-electron chi connectivity index (χ4n) is 3.79. The molecule has 154 valence electrons. The highest BCUT2D eigenvalue weighted by Gasteiger charge is 2.23. The molecule has 5 rings (SSSR count). The summed E-state index contributed by atoms with van der Waals surface area (Å²) in [5.41, 5.74) is 2.82. The molecule has 1 amide bonds. The summed E-state index contributed by atoms with van der Waals surface area (Å²) in [7, 11) is 0. The van der Waals surface area contributed by atoms with Gasteiger partial charge in [-0.05, 0) is 57.9 Å². The molecular formula is C22H21BrN4O3. The summed E-state index contributed by atoms with van der Waals surface area (Å²) < 4.78 is 13.5. The normalized spacial score (nSPS) is 16.1. The molecule has 2 aliphatic rings. The third kappa shape index (κ3) is 3.93. The predicted octanol–water partition coefficient (Wildman–Crippen LogP) is 3.32. The fourth-order valence-corrected chi connectivity index (χ4v) is 4.07. The molecular weight excluding hydrogens is 448 g/mol. The quantitative estimate of drug-likeness (QED) is 0.587. The zero-order valence-corrected chi connectivity index (χ0v) is 17.9. The van der Waals surface area contributed by atoms with Crippen LogP contribution in [0.4, 0.5) is 0 Å². The van der Waals surface area contributed by atoms with Crippen molar-refractivity contribution in [2.45, 2.75) is 6.54 Å². The van der Waals surface area contributed by atoms with Crippen LogP contribution < -0.4 is 9.47 Å². The van der Waals surface area contributed by atoms with Crippen LogP contribution in [-0.4, -0.2) is 58.5 Å². The maximum atomic E-state index is 12.9. The van der Waals surface area contributed by atoms with Gasteiger partial charge < -0.3 is 14.4 Å². The van der Waals surface area contributed by atoms with Crippen molar-refractivity contribution in [1.82, 2.24) is 19.6 Å². The highest BCUT2D eigenvalue weighted by molar-refractivity contribution is 9.10. The summed E-state index contributed by atoms with van der Waals surface area (Å²) in [6.07, 6.45) is 3.62. The number of rotatable bonds is 4. The molecule has 0 radical (unpaired) electrons. The number of halogens is 1. The third-order valence-corrected chi connectivity index (χ3v) is 5.84.